The Morgan fingerprint density at radius 2 is 1.92 bits per heavy atom. The number of aromatic nitrogens is 1. The maximum Gasteiger partial charge on any atom is 0.277 e. The van der Waals surface area contributed by atoms with Gasteiger partial charge in [-0.3, -0.25) is 5.32 Å². The third kappa shape index (κ3) is 1.28. The van der Waals surface area contributed by atoms with Crippen LogP contribution in [0.25, 0.3) is 10.8 Å². The van der Waals surface area contributed by atoms with Gasteiger partial charge in [-0.2, -0.15) is 0 Å². The van der Waals surface area contributed by atoms with Crippen LogP contribution in [0.2, 0.25) is 0 Å². The van der Waals surface area contributed by atoms with E-state index in [1.807, 2.05) is 30.3 Å². The Balaban J connectivity index is 2.74. The smallest absolute Gasteiger partial charge is 0.277 e. The van der Waals surface area contributed by atoms with Crippen molar-refractivity contribution >= 4 is 16.6 Å². The van der Waals surface area contributed by atoms with E-state index < -0.39 is 0 Å². The van der Waals surface area contributed by atoms with E-state index in [2.05, 4.69) is 5.32 Å². The van der Waals surface area contributed by atoms with E-state index in [-0.39, 0.29) is 0 Å². The van der Waals surface area contributed by atoms with Gasteiger partial charge in [0.25, 0.3) is 5.82 Å². The number of nitrogens with one attached hydrogen (secondary N) is 1. The fourth-order valence-electron chi connectivity index (χ4n) is 1.35. The van der Waals surface area contributed by atoms with Crippen molar-refractivity contribution in [1.29, 1.82) is 0 Å². The zero-order chi connectivity index (χ0) is 9.26. The lowest BCUT2D eigenvalue weighted by Crippen LogP contribution is -2.29. The predicted molar refractivity (Wildman–Crippen MR) is 52.5 cm³/mol. The maximum atomic E-state index is 11.3. The Labute approximate surface area is 76.2 Å². The summed E-state index contributed by atoms with van der Waals surface area (Å²) in [5, 5.41) is 16.2. The van der Waals surface area contributed by atoms with E-state index >= 15 is 0 Å². The molecule has 1 aromatic heterocycles. The molecule has 0 aliphatic heterocycles. The van der Waals surface area contributed by atoms with Gasteiger partial charge in [0, 0.05) is 11.5 Å². The fourth-order valence-corrected chi connectivity index (χ4v) is 1.35. The standard InChI is InChI=1S/C10H10N2O/c1-11-10-6-8-4-2-3-5-9(8)7-12(10)13/h2-7,11H,1H3. The molecule has 3 nitrogen and oxygen atoms in total. The lowest BCUT2D eigenvalue weighted by Gasteiger charge is -2.07. The number of hydrogen-bond donors (Lipinski definition) is 1. The largest absolute Gasteiger partial charge is 0.711 e. The minimum absolute atomic E-state index is 0.568. The Morgan fingerprint density at radius 3 is 2.62 bits per heavy atom. The molecule has 0 bridgehead atoms. The van der Waals surface area contributed by atoms with Crippen LogP contribution < -0.4 is 10.0 Å². The third-order valence-corrected chi connectivity index (χ3v) is 2.04. The van der Waals surface area contributed by atoms with Crippen molar-refractivity contribution in [3.63, 3.8) is 0 Å². The summed E-state index contributed by atoms with van der Waals surface area (Å²) >= 11 is 0. The molecule has 1 heterocycles. The monoisotopic (exact) mass is 174 g/mol. The highest BCUT2D eigenvalue weighted by Crippen LogP contribution is 2.13. The van der Waals surface area contributed by atoms with Gasteiger partial charge in [0.2, 0.25) is 0 Å². The summed E-state index contributed by atoms with van der Waals surface area (Å²) in [6.07, 6.45) is 1.57. The third-order valence-electron chi connectivity index (χ3n) is 2.04. The highest BCUT2D eigenvalue weighted by molar-refractivity contribution is 5.82. The Morgan fingerprint density at radius 1 is 1.23 bits per heavy atom. The topological polar surface area (TPSA) is 39.0 Å². The molecular formula is C10H10N2O. The van der Waals surface area contributed by atoms with Crippen LogP contribution in [-0.2, 0) is 0 Å². The highest BCUT2D eigenvalue weighted by atomic mass is 16.5. The van der Waals surface area contributed by atoms with E-state index in [4.69, 9.17) is 0 Å². The second-order valence-electron chi connectivity index (χ2n) is 2.86. The van der Waals surface area contributed by atoms with Crippen molar-refractivity contribution < 1.29 is 4.73 Å². The molecule has 66 valence electrons. The molecule has 0 saturated carbocycles. The van der Waals surface area contributed by atoms with Crippen molar-refractivity contribution in [2.45, 2.75) is 0 Å². The van der Waals surface area contributed by atoms with Crippen molar-refractivity contribution in [3.05, 3.63) is 41.7 Å². The average molecular weight is 174 g/mol. The first kappa shape index (κ1) is 7.86. The molecule has 0 saturated heterocycles. The van der Waals surface area contributed by atoms with Gasteiger partial charge in [0.1, 0.15) is 6.20 Å². The zero-order valence-electron chi connectivity index (χ0n) is 7.32. The number of anilines is 1. The van der Waals surface area contributed by atoms with Gasteiger partial charge in [-0.1, -0.05) is 24.3 Å². The second kappa shape index (κ2) is 2.94. The molecule has 3 heteroatoms. The minimum atomic E-state index is 0.568. The molecule has 0 fully saturated rings. The maximum absolute atomic E-state index is 11.3. The van der Waals surface area contributed by atoms with E-state index in [0.29, 0.717) is 5.82 Å². The van der Waals surface area contributed by atoms with E-state index in [0.717, 1.165) is 15.5 Å². The van der Waals surface area contributed by atoms with Crippen LogP contribution in [0.15, 0.2) is 36.5 Å². The molecular weight excluding hydrogens is 164 g/mol. The quantitative estimate of drug-likeness (QED) is 0.525. The Kier molecular flexibility index (Phi) is 1.77. The van der Waals surface area contributed by atoms with Crippen LogP contribution in [0.4, 0.5) is 5.82 Å². The number of fused-ring (bicyclic) bond motifs is 1. The first-order valence-electron chi connectivity index (χ1n) is 4.11. The number of benzene rings is 1. The van der Waals surface area contributed by atoms with Crippen molar-refractivity contribution in [2.24, 2.45) is 0 Å². The zero-order valence-corrected chi connectivity index (χ0v) is 7.32. The molecule has 0 aliphatic carbocycles. The van der Waals surface area contributed by atoms with Crippen LogP contribution in [0, 0.1) is 5.21 Å². The number of rotatable bonds is 1. The van der Waals surface area contributed by atoms with Crippen LogP contribution >= 0.6 is 0 Å². The molecule has 0 aliphatic rings. The summed E-state index contributed by atoms with van der Waals surface area (Å²) in [6, 6.07) is 9.61. The minimum Gasteiger partial charge on any atom is -0.711 e. The summed E-state index contributed by atoms with van der Waals surface area (Å²) in [5.74, 6) is 0.568. The molecule has 1 aromatic carbocycles. The lowest BCUT2D eigenvalue weighted by atomic mass is 10.2. The predicted octanol–water partition coefficient (Wildman–Crippen LogP) is 1.51. The van der Waals surface area contributed by atoms with Crippen LogP contribution in [0.1, 0.15) is 0 Å². The van der Waals surface area contributed by atoms with Gasteiger partial charge in [0.15, 0.2) is 0 Å². The van der Waals surface area contributed by atoms with E-state index in [1.54, 1.807) is 13.2 Å². The molecule has 13 heavy (non-hydrogen) atoms. The van der Waals surface area contributed by atoms with Crippen molar-refractivity contribution in [2.75, 3.05) is 12.4 Å². The molecule has 0 unspecified atom stereocenters. The molecule has 1 N–H and O–H groups in total. The Hall–Kier alpha value is -1.77. The van der Waals surface area contributed by atoms with E-state index in [9.17, 15) is 5.21 Å². The molecule has 0 radical (unpaired) electrons. The SMILES string of the molecule is CNc1cc2ccccc2c[n+]1[O-]. The molecule has 0 amide bonds. The van der Waals surface area contributed by atoms with E-state index in [1.165, 1.54) is 0 Å². The molecule has 2 rings (SSSR count). The molecule has 2 aromatic rings. The molecule has 0 spiro atoms. The summed E-state index contributed by atoms with van der Waals surface area (Å²) in [7, 11) is 1.73. The second-order valence-corrected chi connectivity index (χ2v) is 2.86. The summed E-state index contributed by atoms with van der Waals surface area (Å²) in [6.45, 7) is 0. The van der Waals surface area contributed by atoms with Crippen LogP contribution in [0.5, 0.6) is 0 Å². The highest BCUT2D eigenvalue weighted by Gasteiger charge is 2.01. The Bertz CT molecular complexity index is 440. The van der Waals surface area contributed by atoms with Gasteiger partial charge < -0.3 is 5.21 Å². The summed E-state index contributed by atoms with van der Waals surface area (Å²) in [5.41, 5.74) is 0. The summed E-state index contributed by atoms with van der Waals surface area (Å²) in [4.78, 5) is 0. The van der Waals surface area contributed by atoms with Crippen LogP contribution in [-0.4, -0.2) is 7.05 Å². The normalized spacial score (nSPS) is 10.2. The average Bonchev–Trinajstić information content (AvgIpc) is 2.17. The number of nitrogens with zero attached hydrogens (tertiary/aromatic N) is 1. The first-order chi connectivity index (χ1) is 6.31. The summed E-state index contributed by atoms with van der Waals surface area (Å²) < 4.78 is 0.836. The van der Waals surface area contributed by atoms with Crippen LogP contribution in [0.3, 0.4) is 0 Å². The molecule has 0 atom stereocenters. The fraction of sp³-hybridized carbons (Fsp3) is 0.100. The van der Waals surface area contributed by atoms with Gasteiger partial charge in [0.05, 0.1) is 7.05 Å². The van der Waals surface area contributed by atoms with Gasteiger partial charge in [-0.25, -0.2) is 4.73 Å². The number of hydrogen-bond acceptors (Lipinski definition) is 2. The van der Waals surface area contributed by atoms with Gasteiger partial charge >= 0.3 is 0 Å². The van der Waals surface area contributed by atoms with Crippen molar-refractivity contribution in [3.8, 4) is 0 Å². The van der Waals surface area contributed by atoms with Gasteiger partial charge in [-0.05, 0) is 5.39 Å². The first-order valence-corrected chi connectivity index (χ1v) is 4.11. The lowest BCUT2D eigenvalue weighted by molar-refractivity contribution is -0.588. The van der Waals surface area contributed by atoms with Crippen molar-refractivity contribution in [1.82, 2.24) is 0 Å². The number of pyridine rings is 1. The van der Waals surface area contributed by atoms with Gasteiger partial charge in [-0.15, -0.1) is 0 Å².